The first-order valence-electron chi connectivity index (χ1n) is 5.68. The Hall–Kier alpha value is -2.00. The molecular formula is C11H14N2O6S. The Morgan fingerprint density at radius 2 is 2.05 bits per heavy atom. The van der Waals surface area contributed by atoms with Gasteiger partial charge in [0.15, 0.2) is 0 Å². The van der Waals surface area contributed by atoms with Crippen molar-refractivity contribution in [2.45, 2.75) is 19.4 Å². The molecule has 0 saturated carbocycles. The second kappa shape index (κ2) is 6.44. The first kappa shape index (κ1) is 16.1. The Balaban J connectivity index is 2.77. The summed E-state index contributed by atoms with van der Waals surface area (Å²) in [5, 5.41) is 19.4. The summed E-state index contributed by atoms with van der Waals surface area (Å²) < 4.78 is 25.3. The van der Waals surface area contributed by atoms with Crippen molar-refractivity contribution in [1.82, 2.24) is 4.72 Å². The van der Waals surface area contributed by atoms with Crippen LogP contribution in [-0.2, 0) is 21.2 Å². The molecule has 0 bridgehead atoms. The number of carbonyl (C=O) groups is 1. The van der Waals surface area contributed by atoms with Crippen molar-refractivity contribution in [3.63, 3.8) is 0 Å². The van der Waals surface area contributed by atoms with Gasteiger partial charge in [-0.2, -0.15) is 0 Å². The molecule has 8 nitrogen and oxygen atoms in total. The van der Waals surface area contributed by atoms with Crippen molar-refractivity contribution in [3.8, 4) is 0 Å². The summed E-state index contributed by atoms with van der Waals surface area (Å²) in [6, 6.07) is 4.57. The largest absolute Gasteiger partial charge is 0.480 e. The SMILES string of the molecule is CC(NS(=O)(=O)CCc1ccccc1[N+](=O)[O-])C(=O)O. The number of carboxylic acids is 1. The van der Waals surface area contributed by atoms with Crippen molar-refractivity contribution in [2.75, 3.05) is 5.75 Å². The van der Waals surface area contributed by atoms with E-state index in [1.165, 1.54) is 25.1 Å². The van der Waals surface area contributed by atoms with Gasteiger partial charge in [-0.05, 0) is 13.3 Å². The predicted octanol–water partition coefficient (Wildman–Crippen LogP) is 0.530. The van der Waals surface area contributed by atoms with E-state index in [9.17, 15) is 23.3 Å². The number of carboxylic acid groups (broad SMARTS) is 1. The first-order chi connectivity index (χ1) is 9.23. The van der Waals surface area contributed by atoms with E-state index in [0.717, 1.165) is 0 Å². The predicted molar refractivity (Wildman–Crippen MR) is 70.8 cm³/mol. The van der Waals surface area contributed by atoms with Gasteiger partial charge in [-0.1, -0.05) is 18.2 Å². The van der Waals surface area contributed by atoms with Crippen molar-refractivity contribution < 1.29 is 23.2 Å². The molecule has 20 heavy (non-hydrogen) atoms. The minimum absolute atomic E-state index is 0.0706. The number of nitro benzene ring substituents is 1. The van der Waals surface area contributed by atoms with E-state index in [1.54, 1.807) is 6.07 Å². The third-order valence-electron chi connectivity index (χ3n) is 2.56. The van der Waals surface area contributed by atoms with E-state index in [4.69, 9.17) is 5.11 Å². The Bertz CT molecular complexity index is 613. The molecule has 9 heteroatoms. The summed E-state index contributed by atoms with van der Waals surface area (Å²) in [4.78, 5) is 20.8. The first-order valence-corrected chi connectivity index (χ1v) is 7.33. The van der Waals surface area contributed by atoms with E-state index < -0.39 is 32.7 Å². The van der Waals surface area contributed by atoms with E-state index in [1.807, 2.05) is 4.72 Å². The number of nitrogens with one attached hydrogen (secondary N) is 1. The molecule has 1 aromatic carbocycles. The third kappa shape index (κ3) is 4.59. The van der Waals surface area contributed by atoms with Crippen molar-refractivity contribution in [1.29, 1.82) is 0 Å². The lowest BCUT2D eigenvalue weighted by Crippen LogP contribution is -2.39. The molecule has 0 amide bonds. The highest BCUT2D eigenvalue weighted by molar-refractivity contribution is 7.89. The van der Waals surface area contributed by atoms with Gasteiger partial charge in [0.2, 0.25) is 10.0 Å². The van der Waals surface area contributed by atoms with Gasteiger partial charge in [-0.25, -0.2) is 13.1 Å². The summed E-state index contributed by atoms with van der Waals surface area (Å²) >= 11 is 0. The lowest BCUT2D eigenvalue weighted by Gasteiger charge is -2.10. The third-order valence-corrected chi connectivity index (χ3v) is 4.01. The number of aliphatic carboxylic acids is 1. The van der Waals surface area contributed by atoms with Gasteiger partial charge in [0.05, 0.1) is 10.7 Å². The van der Waals surface area contributed by atoms with Gasteiger partial charge in [0.25, 0.3) is 5.69 Å². The lowest BCUT2D eigenvalue weighted by atomic mass is 10.1. The smallest absolute Gasteiger partial charge is 0.321 e. The maximum atomic E-state index is 11.7. The number of sulfonamides is 1. The van der Waals surface area contributed by atoms with Crippen LogP contribution in [0.25, 0.3) is 0 Å². The number of aryl methyl sites for hydroxylation is 1. The van der Waals surface area contributed by atoms with Gasteiger partial charge in [0.1, 0.15) is 6.04 Å². The highest BCUT2D eigenvalue weighted by Crippen LogP contribution is 2.18. The zero-order valence-corrected chi connectivity index (χ0v) is 11.5. The van der Waals surface area contributed by atoms with Crippen LogP contribution < -0.4 is 4.72 Å². The van der Waals surface area contributed by atoms with Crippen LogP contribution in [0.4, 0.5) is 5.69 Å². The minimum atomic E-state index is -3.82. The van der Waals surface area contributed by atoms with Gasteiger partial charge in [-0.3, -0.25) is 14.9 Å². The molecule has 0 aliphatic rings. The normalized spacial score (nSPS) is 12.8. The van der Waals surface area contributed by atoms with Gasteiger partial charge in [0, 0.05) is 11.6 Å². The fourth-order valence-corrected chi connectivity index (χ4v) is 2.77. The van der Waals surface area contributed by atoms with Crippen LogP contribution in [0.3, 0.4) is 0 Å². The molecule has 1 unspecified atom stereocenters. The standard InChI is InChI=1S/C11H14N2O6S/c1-8(11(14)15)12-20(18,19)7-6-9-4-2-3-5-10(9)13(16)17/h2-5,8,12H,6-7H2,1H3,(H,14,15). The summed E-state index contributed by atoms with van der Waals surface area (Å²) in [6.07, 6.45) is -0.0706. The van der Waals surface area contributed by atoms with Crippen LogP contribution in [0.5, 0.6) is 0 Å². The molecule has 0 aliphatic carbocycles. The highest BCUT2D eigenvalue weighted by atomic mass is 32.2. The number of nitrogens with zero attached hydrogens (tertiary/aromatic N) is 1. The fraction of sp³-hybridized carbons (Fsp3) is 0.364. The summed E-state index contributed by atoms with van der Waals surface area (Å²) in [7, 11) is -3.82. The Labute approximate surface area is 115 Å². The topological polar surface area (TPSA) is 127 Å². The zero-order chi connectivity index (χ0) is 15.3. The van der Waals surface area contributed by atoms with Crippen LogP contribution in [0, 0.1) is 10.1 Å². The quantitative estimate of drug-likeness (QED) is 0.558. The van der Waals surface area contributed by atoms with E-state index in [2.05, 4.69) is 0 Å². The summed E-state index contributed by atoms with van der Waals surface area (Å²) in [6.45, 7) is 1.20. The molecule has 0 spiro atoms. The van der Waals surface area contributed by atoms with Crippen LogP contribution in [0.15, 0.2) is 24.3 Å². The van der Waals surface area contributed by atoms with Crippen molar-refractivity contribution in [2.24, 2.45) is 0 Å². The highest BCUT2D eigenvalue weighted by Gasteiger charge is 2.21. The summed E-state index contributed by atoms with van der Waals surface area (Å²) in [5.74, 6) is -1.71. The molecule has 1 atom stereocenters. The van der Waals surface area contributed by atoms with Gasteiger partial charge >= 0.3 is 5.97 Å². The van der Waals surface area contributed by atoms with Crippen molar-refractivity contribution >= 4 is 21.7 Å². The Morgan fingerprint density at radius 1 is 1.45 bits per heavy atom. The number of nitro groups is 1. The lowest BCUT2D eigenvalue weighted by molar-refractivity contribution is -0.385. The number of rotatable bonds is 7. The molecule has 110 valence electrons. The molecular weight excluding hydrogens is 288 g/mol. The van der Waals surface area contributed by atoms with Crippen LogP contribution in [0.1, 0.15) is 12.5 Å². The van der Waals surface area contributed by atoms with Gasteiger partial charge < -0.3 is 5.11 Å². The Morgan fingerprint density at radius 3 is 2.60 bits per heavy atom. The zero-order valence-electron chi connectivity index (χ0n) is 10.6. The summed E-state index contributed by atoms with van der Waals surface area (Å²) in [5.41, 5.74) is 0.125. The molecule has 2 N–H and O–H groups in total. The van der Waals surface area contributed by atoms with E-state index in [-0.39, 0.29) is 17.7 Å². The Kier molecular flexibility index (Phi) is 5.17. The maximum absolute atomic E-state index is 11.7. The van der Waals surface area contributed by atoms with Crippen LogP contribution in [-0.4, -0.2) is 36.2 Å². The molecule has 1 rings (SSSR count). The molecule has 0 radical (unpaired) electrons. The molecule has 0 heterocycles. The monoisotopic (exact) mass is 302 g/mol. The molecule has 0 saturated heterocycles. The fourth-order valence-electron chi connectivity index (χ4n) is 1.52. The van der Waals surface area contributed by atoms with Crippen molar-refractivity contribution in [3.05, 3.63) is 39.9 Å². The van der Waals surface area contributed by atoms with Gasteiger partial charge in [-0.15, -0.1) is 0 Å². The number of benzene rings is 1. The minimum Gasteiger partial charge on any atom is -0.480 e. The van der Waals surface area contributed by atoms with Crippen LogP contribution in [0.2, 0.25) is 0 Å². The van der Waals surface area contributed by atoms with Crippen LogP contribution >= 0.6 is 0 Å². The number of para-hydroxylation sites is 1. The molecule has 1 aromatic rings. The number of hydrogen-bond acceptors (Lipinski definition) is 5. The maximum Gasteiger partial charge on any atom is 0.321 e. The molecule has 0 aromatic heterocycles. The average Bonchev–Trinajstić information content (AvgIpc) is 2.36. The van der Waals surface area contributed by atoms with E-state index in [0.29, 0.717) is 0 Å². The molecule has 0 fully saturated rings. The van der Waals surface area contributed by atoms with E-state index >= 15 is 0 Å². The average molecular weight is 302 g/mol. The second-order valence-electron chi connectivity index (χ2n) is 4.13. The number of hydrogen-bond donors (Lipinski definition) is 2. The molecule has 0 aliphatic heterocycles. The second-order valence-corrected chi connectivity index (χ2v) is 6.01.